The van der Waals surface area contributed by atoms with E-state index in [-0.39, 0.29) is 5.41 Å². The van der Waals surface area contributed by atoms with Crippen molar-refractivity contribution >= 4 is 0 Å². The van der Waals surface area contributed by atoms with Crippen LogP contribution in [0.15, 0.2) is 30.3 Å². The van der Waals surface area contributed by atoms with Crippen LogP contribution in [0.5, 0.6) is 11.5 Å². The van der Waals surface area contributed by atoms with Crippen molar-refractivity contribution in [3.8, 4) is 11.5 Å². The topological polar surface area (TPSA) is 18.5 Å². The van der Waals surface area contributed by atoms with E-state index in [1.807, 2.05) is 0 Å². The molecule has 0 atom stereocenters. The highest BCUT2D eigenvalue weighted by atomic mass is 16.5. The molecule has 2 rings (SSSR count). The molecule has 0 unspecified atom stereocenters. The normalized spacial score (nSPS) is 11.5. The van der Waals surface area contributed by atoms with Gasteiger partial charge in [0, 0.05) is 0 Å². The molecule has 2 nitrogen and oxygen atoms in total. The van der Waals surface area contributed by atoms with Gasteiger partial charge in [-0.3, -0.25) is 0 Å². The molecule has 0 spiro atoms. The summed E-state index contributed by atoms with van der Waals surface area (Å²) >= 11 is 0. The first-order valence-electron chi connectivity index (χ1n) is 10.6. The van der Waals surface area contributed by atoms with Crippen LogP contribution in [0.3, 0.4) is 0 Å². The second-order valence-corrected chi connectivity index (χ2v) is 9.04. The fourth-order valence-electron chi connectivity index (χ4n) is 3.74. The van der Waals surface area contributed by atoms with Crippen molar-refractivity contribution in [2.24, 2.45) is 0 Å². The molecule has 154 valence electrons. The summed E-state index contributed by atoms with van der Waals surface area (Å²) in [5, 5.41) is 0. The van der Waals surface area contributed by atoms with Crippen molar-refractivity contribution in [3.05, 3.63) is 58.1 Å². The van der Waals surface area contributed by atoms with Crippen LogP contribution in [0.1, 0.15) is 74.3 Å². The lowest BCUT2D eigenvalue weighted by molar-refractivity contribution is 0.281. The second-order valence-electron chi connectivity index (χ2n) is 9.04. The van der Waals surface area contributed by atoms with Crippen molar-refractivity contribution < 1.29 is 9.47 Å². The minimum atomic E-state index is 0.102. The van der Waals surface area contributed by atoms with Gasteiger partial charge in [-0.2, -0.15) is 0 Å². The average molecular weight is 383 g/mol. The molecule has 2 aromatic rings. The zero-order valence-corrected chi connectivity index (χ0v) is 18.9. The van der Waals surface area contributed by atoms with Crippen LogP contribution in [-0.4, -0.2) is 13.2 Å². The number of benzene rings is 2. The highest BCUT2D eigenvalue weighted by Crippen LogP contribution is 2.34. The second kappa shape index (κ2) is 10.0. The number of rotatable bonds is 9. The molecule has 0 saturated heterocycles. The van der Waals surface area contributed by atoms with Crippen molar-refractivity contribution in [3.63, 3.8) is 0 Å². The molecule has 0 aliphatic rings. The molecule has 28 heavy (non-hydrogen) atoms. The summed E-state index contributed by atoms with van der Waals surface area (Å²) in [5.41, 5.74) is 6.39. The van der Waals surface area contributed by atoms with Crippen LogP contribution >= 0.6 is 0 Å². The monoisotopic (exact) mass is 382 g/mol. The molecular formula is C26H38O2. The van der Waals surface area contributed by atoms with Gasteiger partial charge in [-0.05, 0) is 81.0 Å². The average Bonchev–Trinajstić information content (AvgIpc) is 2.59. The van der Waals surface area contributed by atoms with Crippen molar-refractivity contribution in [2.75, 3.05) is 13.2 Å². The Morgan fingerprint density at radius 1 is 0.679 bits per heavy atom. The minimum Gasteiger partial charge on any atom is -0.493 e. The predicted octanol–water partition coefficient (Wildman–Crippen LogP) is 7.24. The fraction of sp³-hybridized carbons (Fsp3) is 0.538. The van der Waals surface area contributed by atoms with Gasteiger partial charge in [-0.15, -0.1) is 0 Å². The number of ether oxygens (including phenoxy) is 2. The summed E-state index contributed by atoms with van der Waals surface area (Å²) in [6.45, 7) is 16.8. The van der Waals surface area contributed by atoms with Crippen LogP contribution in [0, 0.1) is 27.7 Å². The van der Waals surface area contributed by atoms with Crippen molar-refractivity contribution in [1.29, 1.82) is 0 Å². The maximum Gasteiger partial charge on any atom is 0.125 e. The third-order valence-corrected chi connectivity index (χ3v) is 5.16. The standard InChI is InChI=1S/C26H38O2/c1-19-17-21(3)24(22(4)18-19)27-15-10-8-9-11-16-28-25-20(2)13-12-14-23(25)26(5,6)7/h12-14,17-18H,8-11,15-16H2,1-7H3. The maximum absolute atomic E-state index is 6.18. The summed E-state index contributed by atoms with van der Waals surface area (Å²) in [7, 11) is 0. The van der Waals surface area contributed by atoms with Gasteiger partial charge < -0.3 is 9.47 Å². The maximum atomic E-state index is 6.18. The third kappa shape index (κ3) is 6.29. The first kappa shape index (κ1) is 22.3. The number of unbranched alkanes of at least 4 members (excludes halogenated alkanes) is 3. The van der Waals surface area contributed by atoms with E-state index in [0.717, 1.165) is 37.6 Å². The molecule has 0 fully saturated rings. The van der Waals surface area contributed by atoms with E-state index in [0.29, 0.717) is 0 Å². The summed E-state index contributed by atoms with van der Waals surface area (Å²) < 4.78 is 12.2. The summed E-state index contributed by atoms with van der Waals surface area (Å²) in [6.07, 6.45) is 4.52. The molecular weight excluding hydrogens is 344 g/mol. The highest BCUT2D eigenvalue weighted by Gasteiger charge is 2.19. The van der Waals surface area contributed by atoms with Gasteiger partial charge in [0.2, 0.25) is 0 Å². The number of hydrogen-bond donors (Lipinski definition) is 0. The molecule has 0 bridgehead atoms. The predicted molar refractivity (Wildman–Crippen MR) is 120 cm³/mol. The van der Waals surface area contributed by atoms with Crippen LogP contribution < -0.4 is 9.47 Å². The smallest absolute Gasteiger partial charge is 0.125 e. The Morgan fingerprint density at radius 2 is 1.21 bits per heavy atom. The molecule has 0 N–H and O–H groups in total. The highest BCUT2D eigenvalue weighted by molar-refractivity contribution is 5.44. The Bertz CT molecular complexity index is 745. The molecule has 0 radical (unpaired) electrons. The minimum absolute atomic E-state index is 0.102. The lowest BCUT2D eigenvalue weighted by Crippen LogP contribution is -2.14. The Balaban J connectivity index is 1.70. The van der Waals surface area contributed by atoms with Crippen molar-refractivity contribution in [2.45, 2.75) is 79.6 Å². The zero-order valence-electron chi connectivity index (χ0n) is 18.9. The Hall–Kier alpha value is -1.96. The van der Waals surface area contributed by atoms with Gasteiger partial charge >= 0.3 is 0 Å². The summed E-state index contributed by atoms with van der Waals surface area (Å²) in [4.78, 5) is 0. The van der Waals surface area contributed by atoms with E-state index >= 15 is 0 Å². The summed E-state index contributed by atoms with van der Waals surface area (Å²) in [5.74, 6) is 2.13. The fourth-order valence-corrected chi connectivity index (χ4v) is 3.74. The zero-order chi connectivity index (χ0) is 20.7. The van der Waals surface area contributed by atoms with E-state index in [1.165, 1.54) is 40.7 Å². The van der Waals surface area contributed by atoms with Crippen LogP contribution in [0.2, 0.25) is 0 Å². The van der Waals surface area contributed by atoms with Crippen LogP contribution in [0.25, 0.3) is 0 Å². The van der Waals surface area contributed by atoms with Gasteiger partial charge in [-0.25, -0.2) is 0 Å². The first-order chi connectivity index (χ1) is 13.2. The van der Waals surface area contributed by atoms with Gasteiger partial charge in [0.25, 0.3) is 0 Å². The summed E-state index contributed by atoms with van der Waals surface area (Å²) in [6, 6.07) is 10.8. The largest absolute Gasteiger partial charge is 0.493 e. The quantitative estimate of drug-likeness (QED) is 0.426. The lowest BCUT2D eigenvalue weighted by Gasteiger charge is -2.24. The van der Waals surface area contributed by atoms with Gasteiger partial charge in [-0.1, -0.05) is 56.7 Å². The lowest BCUT2D eigenvalue weighted by atomic mass is 9.85. The van der Waals surface area contributed by atoms with E-state index in [2.05, 4.69) is 78.8 Å². The van der Waals surface area contributed by atoms with Crippen LogP contribution in [-0.2, 0) is 5.41 Å². The van der Waals surface area contributed by atoms with E-state index in [1.54, 1.807) is 0 Å². The van der Waals surface area contributed by atoms with Gasteiger partial charge in [0.15, 0.2) is 0 Å². The molecule has 0 heterocycles. The number of aryl methyl sites for hydroxylation is 4. The van der Waals surface area contributed by atoms with E-state index < -0.39 is 0 Å². The van der Waals surface area contributed by atoms with Gasteiger partial charge in [0.1, 0.15) is 11.5 Å². The molecule has 2 heteroatoms. The van der Waals surface area contributed by atoms with E-state index in [9.17, 15) is 0 Å². The molecule has 0 aromatic heterocycles. The molecule has 0 amide bonds. The van der Waals surface area contributed by atoms with Gasteiger partial charge in [0.05, 0.1) is 13.2 Å². The van der Waals surface area contributed by atoms with E-state index in [4.69, 9.17) is 9.47 Å². The van der Waals surface area contributed by atoms with Crippen molar-refractivity contribution in [1.82, 2.24) is 0 Å². The SMILES string of the molecule is Cc1cc(C)c(OCCCCCCOc2c(C)cccc2C(C)(C)C)c(C)c1. The van der Waals surface area contributed by atoms with Crippen LogP contribution in [0.4, 0.5) is 0 Å². The molecule has 0 aliphatic heterocycles. The third-order valence-electron chi connectivity index (χ3n) is 5.16. The Kier molecular flexibility index (Phi) is 7.98. The number of para-hydroxylation sites is 1. The Morgan fingerprint density at radius 3 is 1.75 bits per heavy atom. The molecule has 0 aliphatic carbocycles. The number of hydrogen-bond acceptors (Lipinski definition) is 2. The Labute approximate surface area is 172 Å². The first-order valence-corrected chi connectivity index (χ1v) is 10.6. The molecule has 0 saturated carbocycles. The molecule has 2 aromatic carbocycles.